The molecule has 1 aliphatic heterocycles. The number of aromatic nitrogens is 1. The third kappa shape index (κ3) is 4.38. The fraction of sp³-hybridized carbons (Fsp3) is 0.222. The highest BCUT2D eigenvalue weighted by molar-refractivity contribution is 7.22. The fourth-order valence-electron chi connectivity index (χ4n) is 4.01. The largest absolute Gasteiger partial charge is 0.503 e. The summed E-state index contributed by atoms with van der Waals surface area (Å²) in [4.78, 5) is 32.5. The van der Waals surface area contributed by atoms with Crippen molar-refractivity contribution in [2.75, 3.05) is 4.90 Å². The van der Waals surface area contributed by atoms with Crippen LogP contribution in [0.15, 0.2) is 70.3 Å². The summed E-state index contributed by atoms with van der Waals surface area (Å²) in [5, 5.41) is 11.8. The summed E-state index contributed by atoms with van der Waals surface area (Å²) in [6, 6.07) is 15.2. The highest BCUT2D eigenvalue weighted by Crippen LogP contribution is 2.45. The Morgan fingerprint density at radius 3 is 2.56 bits per heavy atom. The molecular weight excluding hydrogens is 500 g/mol. The maximum Gasteiger partial charge on any atom is 0.341 e. The number of benzene rings is 2. The van der Waals surface area contributed by atoms with Crippen LogP contribution in [0.1, 0.15) is 38.1 Å². The van der Waals surface area contributed by atoms with Gasteiger partial charge in [-0.25, -0.2) is 9.78 Å². The number of aliphatic hydroxyl groups is 1. The van der Waals surface area contributed by atoms with Crippen LogP contribution in [-0.4, -0.2) is 27.6 Å². The number of nitrogens with zero attached hydrogens (tertiary/aromatic N) is 2. The third-order valence-corrected chi connectivity index (χ3v) is 6.86. The Morgan fingerprint density at radius 1 is 1.14 bits per heavy atom. The van der Waals surface area contributed by atoms with E-state index in [-0.39, 0.29) is 11.3 Å². The molecule has 1 N–H and O–H groups in total. The van der Waals surface area contributed by atoms with E-state index in [0.29, 0.717) is 21.4 Å². The van der Waals surface area contributed by atoms with Crippen molar-refractivity contribution >= 4 is 50.2 Å². The van der Waals surface area contributed by atoms with Crippen LogP contribution in [0.3, 0.4) is 0 Å². The SMILES string of the molecule is Cc1ccc2nc(N3C(=O)C(O)=C(C(=O)OC(C)(C)C)C3c3ccc(-c4ccc(Cl)cc4)o3)sc2c1. The van der Waals surface area contributed by atoms with Gasteiger partial charge in [-0.05, 0) is 81.8 Å². The number of aliphatic hydroxyl groups excluding tert-OH is 1. The normalized spacial score (nSPS) is 16.3. The number of hydrogen-bond donors (Lipinski definition) is 1. The average Bonchev–Trinajstić information content (AvgIpc) is 3.49. The Balaban J connectivity index is 1.63. The van der Waals surface area contributed by atoms with Crippen LogP contribution >= 0.6 is 22.9 Å². The quantitative estimate of drug-likeness (QED) is 0.298. The number of aryl methyl sites for hydroxylation is 1. The lowest BCUT2D eigenvalue weighted by Gasteiger charge is -2.24. The number of rotatable bonds is 4. The van der Waals surface area contributed by atoms with Crippen molar-refractivity contribution in [3.05, 3.63) is 82.3 Å². The van der Waals surface area contributed by atoms with Crippen molar-refractivity contribution in [1.82, 2.24) is 4.98 Å². The molecule has 0 fully saturated rings. The molecular formula is C27H23ClN2O5S. The van der Waals surface area contributed by atoms with Crippen LogP contribution in [0.5, 0.6) is 0 Å². The Labute approximate surface area is 216 Å². The van der Waals surface area contributed by atoms with Gasteiger partial charge in [0.2, 0.25) is 0 Å². The van der Waals surface area contributed by atoms with Crippen molar-refractivity contribution in [2.24, 2.45) is 0 Å². The number of halogens is 1. The van der Waals surface area contributed by atoms with Crippen molar-refractivity contribution in [2.45, 2.75) is 39.3 Å². The van der Waals surface area contributed by atoms with Gasteiger partial charge < -0.3 is 14.3 Å². The number of esters is 1. The minimum absolute atomic E-state index is 0.192. The molecule has 36 heavy (non-hydrogen) atoms. The number of anilines is 1. The van der Waals surface area contributed by atoms with Crippen LogP contribution in [0.2, 0.25) is 5.02 Å². The molecule has 0 saturated carbocycles. The molecule has 1 amide bonds. The van der Waals surface area contributed by atoms with E-state index in [4.69, 9.17) is 20.8 Å². The molecule has 1 aliphatic rings. The summed E-state index contributed by atoms with van der Waals surface area (Å²) < 4.78 is 12.6. The van der Waals surface area contributed by atoms with E-state index in [9.17, 15) is 14.7 Å². The molecule has 0 radical (unpaired) electrons. The number of carbonyl (C=O) groups is 2. The Bertz CT molecular complexity index is 1530. The topological polar surface area (TPSA) is 92.9 Å². The second-order valence-corrected chi connectivity index (χ2v) is 11.0. The second kappa shape index (κ2) is 8.80. The molecule has 2 aromatic heterocycles. The molecule has 0 saturated heterocycles. The predicted molar refractivity (Wildman–Crippen MR) is 139 cm³/mol. The molecule has 4 aromatic rings. The molecule has 0 spiro atoms. The van der Waals surface area contributed by atoms with Gasteiger partial charge >= 0.3 is 5.97 Å². The molecule has 7 nitrogen and oxygen atoms in total. The monoisotopic (exact) mass is 522 g/mol. The van der Waals surface area contributed by atoms with Gasteiger partial charge in [0.25, 0.3) is 5.91 Å². The van der Waals surface area contributed by atoms with Gasteiger partial charge in [0.1, 0.15) is 28.7 Å². The van der Waals surface area contributed by atoms with Gasteiger partial charge in [-0.1, -0.05) is 29.0 Å². The zero-order valence-electron chi connectivity index (χ0n) is 20.0. The highest BCUT2D eigenvalue weighted by atomic mass is 35.5. The molecule has 1 unspecified atom stereocenters. The standard InChI is InChI=1S/C27H23ClN2O5S/c1-14-5-10-17-20(13-14)36-26(29-17)30-22(21(23(31)24(30)32)25(33)35-27(2,3)4)19-12-11-18(34-19)15-6-8-16(28)9-7-15/h5-13,22,31H,1-4H3. The first-order valence-corrected chi connectivity index (χ1v) is 12.4. The van der Waals surface area contributed by atoms with E-state index in [1.165, 1.54) is 16.2 Å². The first kappa shape index (κ1) is 24.1. The van der Waals surface area contributed by atoms with E-state index in [1.807, 2.05) is 25.1 Å². The molecule has 2 aromatic carbocycles. The summed E-state index contributed by atoms with van der Waals surface area (Å²) in [6.07, 6.45) is 0. The summed E-state index contributed by atoms with van der Waals surface area (Å²) in [6.45, 7) is 7.12. The molecule has 1 atom stereocenters. The maximum absolute atomic E-state index is 13.3. The highest BCUT2D eigenvalue weighted by Gasteiger charge is 2.48. The van der Waals surface area contributed by atoms with E-state index in [1.54, 1.807) is 57.2 Å². The van der Waals surface area contributed by atoms with Crippen LogP contribution < -0.4 is 4.90 Å². The lowest BCUT2D eigenvalue weighted by Crippen LogP contribution is -2.32. The van der Waals surface area contributed by atoms with E-state index in [0.717, 1.165) is 15.8 Å². The first-order chi connectivity index (χ1) is 17.0. The molecule has 3 heterocycles. The van der Waals surface area contributed by atoms with Crippen LogP contribution in [0, 0.1) is 6.92 Å². The van der Waals surface area contributed by atoms with E-state index in [2.05, 4.69) is 4.98 Å². The van der Waals surface area contributed by atoms with Crippen LogP contribution in [-0.2, 0) is 14.3 Å². The summed E-state index contributed by atoms with van der Waals surface area (Å²) in [5.41, 5.74) is 1.50. The molecule has 9 heteroatoms. The Kier molecular flexibility index (Phi) is 5.89. The van der Waals surface area contributed by atoms with Crippen molar-refractivity contribution in [1.29, 1.82) is 0 Å². The predicted octanol–water partition coefficient (Wildman–Crippen LogP) is 6.76. The second-order valence-electron chi connectivity index (χ2n) is 9.52. The molecule has 0 aliphatic carbocycles. The van der Waals surface area contributed by atoms with Gasteiger partial charge in [0, 0.05) is 10.6 Å². The van der Waals surface area contributed by atoms with Gasteiger partial charge in [0.05, 0.1) is 10.2 Å². The molecule has 184 valence electrons. The number of carbonyl (C=O) groups excluding carboxylic acids is 2. The molecule has 0 bridgehead atoms. The number of amides is 1. The molecule has 5 rings (SSSR count). The van der Waals surface area contributed by atoms with Crippen molar-refractivity contribution in [3.63, 3.8) is 0 Å². The third-order valence-electron chi connectivity index (χ3n) is 5.59. The van der Waals surface area contributed by atoms with Gasteiger partial charge in [0.15, 0.2) is 10.9 Å². The van der Waals surface area contributed by atoms with Crippen molar-refractivity contribution in [3.8, 4) is 11.3 Å². The van der Waals surface area contributed by atoms with Crippen LogP contribution in [0.4, 0.5) is 5.13 Å². The van der Waals surface area contributed by atoms with Gasteiger partial charge in [-0.3, -0.25) is 9.69 Å². The number of ether oxygens (including phenoxy) is 1. The summed E-state index contributed by atoms with van der Waals surface area (Å²) in [7, 11) is 0. The maximum atomic E-state index is 13.3. The summed E-state index contributed by atoms with van der Waals surface area (Å²) in [5.74, 6) is -1.44. The Hall–Kier alpha value is -3.62. The minimum Gasteiger partial charge on any atom is -0.503 e. The zero-order chi connectivity index (χ0) is 25.8. The fourth-order valence-corrected chi connectivity index (χ4v) is 5.22. The van der Waals surface area contributed by atoms with Gasteiger partial charge in [-0.2, -0.15) is 0 Å². The smallest absolute Gasteiger partial charge is 0.341 e. The minimum atomic E-state index is -1.06. The Morgan fingerprint density at radius 2 is 1.86 bits per heavy atom. The van der Waals surface area contributed by atoms with Gasteiger partial charge in [-0.15, -0.1) is 0 Å². The van der Waals surface area contributed by atoms with E-state index >= 15 is 0 Å². The van der Waals surface area contributed by atoms with Crippen molar-refractivity contribution < 1.29 is 23.8 Å². The number of hydrogen-bond acceptors (Lipinski definition) is 7. The first-order valence-electron chi connectivity index (χ1n) is 11.2. The number of furan rings is 1. The number of thiazole rings is 1. The lowest BCUT2D eigenvalue weighted by molar-refractivity contribution is -0.150. The lowest BCUT2D eigenvalue weighted by atomic mass is 10.1. The summed E-state index contributed by atoms with van der Waals surface area (Å²) >= 11 is 7.30. The zero-order valence-corrected chi connectivity index (χ0v) is 21.6. The number of fused-ring (bicyclic) bond motifs is 1. The van der Waals surface area contributed by atoms with E-state index < -0.39 is 29.3 Å². The van der Waals surface area contributed by atoms with Crippen LogP contribution in [0.25, 0.3) is 21.5 Å². The average molecular weight is 523 g/mol.